The van der Waals surface area contributed by atoms with E-state index in [1.54, 1.807) is 0 Å². The maximum absolute atomic E-state index is 13.6. The predicted molar refractivity (Wildman–Crippen MR) is 130 cm³/mol. The fourth-order valence-corrected chi connectivity index (χ4v) is 5.34. The minimum atomic E-state index is -4.18. The highest BCUT2D eigenvalue weighted by Gasteiger charge is 2.40. The van der Waals surface area contributed by atoms with Crippen molar-refractivity contribution in [3.05, 3.63) is 35.4 Å². The lowest BCUT2D eigenvalue weighted by Gasteiger charge is -2.34. The zero-order chi connectivity index (χ0) is 26.7. The molecule has 0 radical (unpaired) electrons. The van der Waals surface area contributed by atoms with E-state index in [1.807, 2.05) is 0 Å². The third kappa shape index (κ3) is 5.15. The van der Waals surface area contributed by atoms with Crippen molar-refractivity contribution >= 4 is 27.6 Å². The summed E-state index contributed by atoms with van der Waals surface area (Å²) in [6.45, 7) is 0.889. The van der Waals surface area contributed by atoms with E-state index in [2.05, 4.69) is 34.9 Å². The van der Waals surface area contributed by atoms with Gasteiger partial charge in [0.2, 0.25) is 27.7 Å². The van der Waals surface area contributed by atoms with Crippen LogP contribution >= 0.6 is 11.6 Å². The van der Waals surface area contributed by atoms with Crippen molar-refractivity contribution in [2.45, 2.75) is 37.0 Å². The van der Waals surface area contributed by atoms with Gasteiger partial charge in [-0.3, -0.25) is 13.7 Å². The normalized spacial score (nSPS) is 19.1. The number of ether oxygens (including phenoxy) is 3. The van der Waals surface area contributed by atoms with Gasteiger partial charge in [0.1, 0.15) is 23.5 Å². The van der Waals surface area contributed by atoms with Crippen molar-refractivity contribution in [2.24, 2.45) is 5.92 Å². The first kappa shape index (κ1) is 26.9. The van der Waals surface area contributed by atoms with Crippen LogP contribution in [0.25, 0.3) is 5.69 Å². The molecular weight excluding hydrogens is 531 g/mol. The number of methoxy groups -OCH3 is 3. The fraction of sp³-hybridized carbons (Fsp3) is 0.524. The number of rotatable bonds is 11. The van der Waals surface area contributed by atoms with Crippen LogP contribution in [-0.4, -0.2) is 76.4 Å². The number of hydrogen-bond acceptors (Lipinski definition) is 11. The van der Waals surface area contributed by atoms with Gasteiger partial charge in [0, 0.05) is 25.4 Å². The number of anilines is 1. The number of nitrogens with one attached hydrogen (secondary N) is 1. The standard InChI is InChI=1S/C21H26ClFN8O5S/c1-11(16(34-2)17-24-8-13(22)9-25-17)37(32,33)30-21-29-28-18(14-6-5-12(14)7-23)31(21)15-19(35-3)26-10-27-20(15)36-4/h8-12,14,16H,5-7H2,1-4H3,(H,29,30). The zero-order valence-corrected chi connectivity index (χ0v) is 22.1. The van der Waals surface area contributed by atoms with Gasteiger partial charge < -0.3 is 14.2 Å². The van der Waals surface area contributed by atoms with E-state index in [1.165, 1.54) is 51.5 Å². The topological polar surface area (TPSA) is 156 Å². The maximum atomic E-state index is 13.6. The zero-order valence-electron chi connectivity index (χ0n) is 20.5. The molecule has 3 aromatic heterocycles. The Bertz CT molecular complexity index is 1320. The molecule has 200 valence electrons. The van der Waals surface area contributed by atoms with Gasteiger partial charge in [-0.05, 0) is 25.7 Å². The number of hydrogen-bond donors (Lipinski definition) is 1. The van der Waals surface area contributed by atoms with Crippen molar-refractivity contribution in [1.82, 2.24) is 34.7 Å². The summed E-state index contributed by atoms with van der Waals surface area (Å²) < 4.78 is 60.7. The monoisotopic (exact) mass is 556 g/mol. The number of sulfonamides is 1. The Balaban J connectivity index is 1.78. The first-order valence-corrected chi connectivity index (χ1v) is 13.1. The van der Waals surface area contributed by atoms with Gasteiger partial charge in [0.15, 0.2) is 11.5 Å². The molecule has 1 aliphatic rings. The summed E-state index contributed by atoms with van der Waals surface area (Å²) in [6.07, 6.45) is 4.21. The van der Waals surface area contributed by atoms with Crippen LogP contribution in [0.5, 0.6) is 11.8 Å². The molecule has 1 aliphatic carbocycles. The van der Waals surface area contributed by atoms with Crippen molar-refractivity contribution in [1.29, 1.82) is 0 Å². The Morgan fingerprint density at radius 2 is 1.76 bits per heavy atom. The molecule has 0 bridgehead atoms. The smallest absolute Gasteiger partial charge is 0.245 e. The van der Waals surface area contributed by atoms with Crippen LogP contribution in [-0.2, 0) is 14.8 Å². The molecule has 1 fully saturated rings. The number of nitrogens with zero attached hydrogens (tertiary/aromatic N) is 7. The van der Waals surface area contributed by atoms with Crippen LogP contribution in [0, 0.1) is 5.92 Å². The average molecular weight is 557 g/mol. The maximum Gasteiger partial charge on any atom is 0.245 e. The minimum Gasteiger partial charge on any atom is -0.479 e. The van der Waals surface area contributed by atoms with E-state index in [-0.39, 0.29) is 41.1 Å². The quantitative estimate of drug-likeness (QED) is 0.370. The molecule has 0 amide bonds. The summed E-state index contributed by atoms with van der Waals surface area (Å²) >= 11 is 5.86. The highest BCUT2D eigenvalue weighted by Crippen LogP contribution is 2.45. The predicted octanol–water partition coefficient (Wildman–Crippen LogP) is 2.50. The second-order valence-electron chi connectivity index (χ2n) is 8.32. The number of alkyl halides is 1. The average Bonchev–Trinajstić information content (AvgIpc) is 3.25. The minimum absolute atomic E-state index is 0.0850. The number of halogens is 2. The summed E-state index contributed by atoms with van der Waals surface area (Å²) in [5.74, 6) is -0.139. The van der Waals surface area contributed by atoms with Crippen molar-refractivity contribution in [3.63, 3.8) is 0 Å². The molecule has 13 nitrogen and oxygen atoms in total. The molecule has 0 aliphatic heterocycles. The third-order valence-corrected chi connectivity index (χ3v) is 8.19. The third-order valence-electron chi connectivity index (χ3n) is 6.30. The van der Waals surface area contributed by atoms with E-state index in [4.69, 9.17) is 25.8 Å². The molecule has 3 aromatic rings. The van der Waals surface area contributed by atoms with E-state index >= 15 is 0 Å². The molecule has 4 atom stereocenters. The van der Waals surface area contributed by atoms with E-state index in [0.29, 0.717) is 23.7 Å². The van der Waals surface area contributed by atoms with Crippen LogP contribution in [0.4, 0.5) is 10.3 Å². The fourth-order valence-electron chi connectivity index (χ4n) is 4.11. The SMILES string of the molecule is COc1ncnc(OC)c1-n1c(NS(=O)(=O)C(C)C(OC)c2ncc(Cl)cn2)nnc1C1CCC1CF. The molecule has 1 saturated carbocycles. The first-order chi connectivity index (χ1) is 17.7. The van der Waals surface area contributed by atoms with Crippen LogP contribution in [0.1, 0.15) is 43.4 Å². The van der Waals surface area contributed by atoms with E-state index in [0.717, 1.165) is 0 Å². The molecule has 4 rings (SSSR count). The molecule has 0 spiro atoms. The van der Waals surface area contributed by atoms with Crippen LogP contribution < -0.4 is 14.2 Å². The van der Waals surface area contributed by atoms with Gasteiger partial charge in [-0.2, -0.15) is 9.97 Å². The molecular formula is C21H26ClFN8O5S. The first-order valence-electron chi connectivity index (χ1n) is 11.2. The molecule has 3 heterocycles. The van der Waals surface area contributed by atoms with Gasteiger partial charge in [-0.25, -0.2) is 18.4 Å². The van der Waals surface area contributed by atoms with Gasteiger partial charge >= 0.3 is 0 Å². The highest BCUT2D eigenvalue weighted by atomic mass is 35.5. The summed E-state index contributed by atoms with van der Waals surface area (Å²) in [5, 5.41) is 7.44. The lowest BCUT2D eigenvalue weighted by Crippen LogP contribution is -2.34. The molecule has 37 heavy (non-hydrogen) atoms. The Kier molecular flexibility index (Phi) is 8.04. The summed E-state index contributed by atoms with van der Waals surface area (Å²) in [5.41, 5.74) is 0.173. The van der Waals surface area contributed by atoms with Crippen molar-refractivity contribution in [3.8, 4) is 17.4 Å². The molecule has 0 saturated heterocycles. The summed E-state index contributed by atoms with van der Waals surface area (Å²) in [4.78, 5) is 16.4. The van der Waals surface area contributed by atoms with Crippen molar-refractivity contribution < 1.29 is 27.0 Å². The summed E-state index contributed by atoms with van der Waals surface area (Å²) in [7, 11) is -0.0472. The van der Waals surface area contributed by atoms with E-state index in [9.17, 15) is 12.8 Å². The van der Waals surface area contributed by atoms with E-state index < -0.39 is 28.1 Å². The van der Waals surface area contributed by atoms with Crippen LogP contribution in [0.15, 0.2) is 18.7 Å². The Labute approximate surface area is 217 Å². The van der Waals surface area contributed by atoms with Crippen LogP contribution in [0.3, 0.4) is 0 Å². The lowest BCUT2D eigenvalue weighted by molar-refractivity contribution is 0.0950. The Morgan fingerprint density at radius 1 is 1.11 bits per heavy atom. The second kappa shape index (κ2) is 11.1. The van der Waals surface area contributed by atoms with Gasteiger partial charge in [0.25, 0.3) is 0 Å². The van der Waals surface area contributed by atoms with Crippen molar-refractivity contribution in [2.75, 3.05) is 32.7 Å². The second-order valence-corrected chi connectivity index (χ2v) is 10.8. The molecule has 0 aromatic carbocycles. The number of aromatic nitrogens is 7. The summed E-state index contributed by atoms with van der Waals surface area (Å²) in [6, 6.07) is 0. The molecule has 4 unspecified atom stereocenters. The molecule has 1 N–H and O–H groups in total. The lowest BCUT2D eigenvalue weighted by atomic mass is 9.74. The largest absolute Gasteiger partial charge is 0.479 e. The van der Waals surface area contributed by atoms with Gasteiger partial charge in [-0.15, -0.1) is 10.2 Å². The Morgan fingerprint density at radius 3 is 2.27 bits per heavy atom. The molecule has 16 heteroatoms. The van der Waals surface area contributed by atoms with Gasteiger partial charge in [0.05, 0.1) is 25.9 Å². The Hall–Kier alpha value is -3.17. The van der Waals surface area contributed by atoms with Gasteiger partial charge in [-0.1, -0.05) is 11.6 Å². The highest BCUT2D eigenvalue weighted by molar-refractivity contribution is 7.93. The van der Waals surface area contributed by atoms with Crippen LogP contribution in [0.2, 0.25) is 5.02 Å².